The first-order valence-electron chi connectivity index (χ1n) is 3.09. The zero-order valence-corrected chi connectivity index (χ0v) is 8.76. The summed E-state index contributed by atoms with van der Waals surface area (Å²) in [6.07, 6.45) is 0. The fraction of sp³-hybridized carbons (Fsp3) is 0. The van der Waals surface area contributed by atoms with Crippen molar-refractivity contribution in [1.82, 2.24) is 9.97 Å². The van der Waals surface area contributed by atoms with Crippen LogP contribution in [0.4, 0.5) is 0 Å². The summed E-state index contributed by atoms with van der Waals surface area (Å²) in [5, 5.41) is 1.46. The molecule has 0 saturated heterocycles. The summed E-state index contributed by atoms with van der Waals surface area (Å²) in [6, 6.07) is 1.83. The fourth-order valence-electron chi connectivity index (χ4n) is 0.961. The minimum absolute atomic E-state index is 0.266. The summed E-state index contributed by atoms with van der Waals surface area (Å²) >= 11 is 14.7. The molecule has 0 aromatic carbocycles. The van der Waals surface area contributed by atoms with Gasteiger partial charge in [0.1, 0.15) is 9.99 Å². The molecular weight excluding hydrogens is 265 g/mol. The maximum absolute atomic E-state index is 5.82. The van der Waals surface area contributed by atoms with Crippen LogP contribution < -0.4 is 4.98 Å². The van der Waals surface area contributed by atoms with Crippen LogP contribution in [0.1, 0.15) is 0 Å². The maximum Gasteiger partial charge on any atom is 0.333 e. The molecule has 0 atom stereocenters. The highest BCUT2D eigenvalue weighted by atomic mass is 79.9. The van der Waals surface area contributed by atoms with Crippen LogP contribution in [-0.4, -0.2) is 9.97 Å². The Kier molecular flexibility index (Phi) is 1.98. The molecular formula is C6H3BrCl2N3+. The van der Waals surface area contributed by atoms with Crippen LogP contribution >= 0.6 is 39.1 Å². The maximum atomic E-state index is 5.82. The van der Waals surface area contributed by atoms with Crippen LogP contribution in [0.15, 0.2) is 10.7 Å². The lowest BCUT2D eigenvalue weighted by Crippen LogP contribution is -2.07. The SMILES string of the molecule is Clc1nc(Cl)c2cc(Br)[nH]c2[nH+]1. The van der Waals surface area contributed by atoms with Crippen molar-refractivity contribution in [2.45, 2.75) is 0 Å². The number of halogens is 3. The van der Waals surface area contributed by atoms with Crippen LogP contribution in [0, 0.1) is 0 Å². The monoisotopic (exact) mass is 266 g/mol. The van der Waals surface area contributed by atoms with Gasteiger partial charge in [0.25, 0.3) is 0 Å². The van der Waals surface area contributed by atoms with Crippen molar-refractivity contribution in [3.63, 3.8) is 0 Å². The van der Waals surface area contributed by atoms with E-state index < -0.39 is 0 Å². The van der Waals surface area contributed by atoms with Crippen LogP contribution in [0.2, 0.25) is 10.4 Å². The van der Waals surface area contributed by atoms with E-state index in [1.165, 1.54) is 0 Å². The zero-order valence-electron chi connectivity index (χ0n) is 5.66. The Morgan fingerprint density at radius 2 is 2.25 bits per heavy atom. The lowest BCUT2D eigenvalue weighted by Gasteiger charge is -1.85. The van der Waals surface area contributed by atoms with Crippen molar-refractivity contribution in [3.8, 4) is 0 Å². The van der Waals surface area contributed by atoms with E-state index in [0.29, 0.717) is 5.15 Å². The molecule has 0 saturated carbocycles. The van der Waals surface area contributed by atoms with Crippen molar-refractivity contribution in [2.75, 3.05) is 0 Å². The minimum Gasteiger partial charge on any atom is -0.267 e. The van der Waals surface area contributed by atoms with E-state index in [2.05, 4.69) is 30.9 Å². The smallest absolute Gasteiger partial charge is 0.267 e. The average molecular weight is 268 g/mol. The first-order chi connectivity index (χ1) is 5.66. The Bertz CT molecular complexity index is 440. The molecule has 2 heterocycles. The van der Waals surface area contributed by atoms with Crippen LogP contribution in [0.25, 0.3) is 11.0 Å². The molecule has 2 rings (SSSR count). The van der Waals surface area contributed by atoms with E-state index in [4.69, 9.17) is 23.2 Å². The first kappa shape index (κ1) is 8.29. The van der Waals surface area contributed by atoms with Gasteiger partial charge < -0.3 is 0 Å². The van der Waals surface area contributed by atoms with E-state index in [9.17, 15) is 0 Å². The van der Waals surface area contributed by atoms with Crippen molar-refractivity contribution in [2.24, 2.45) is 0 Å². The van der Waals surface area contributed by atoms with Crippen molar-refractivity contribution < 1.29 is 4.98 Å². The molecule has 0 bridgehead atoms. The number of nitrogens with zero attached hydrogens (tertiary/aromatic N) is 1. The second-order valence-electron chi connectivity index (χ2n) is 2.22. The van der Waals surface area contributed by atoms with E-state index in [1.807, 2.05) is 6.07 Å². The number of aromatic amines is 2. The van der Waals surface area contributed by atoms with Gasteiger partial charge in [0, 0.05) is 6.07 Å². The molecule has 12 heavy (non-hydrogen) atoms. The third-order valence-electron chi connectivity index (χ3n) is 1.43. The molecule has 0 spiro atoms. The highest BCUT2D eigenvalue weighted by molar-refractivity contribution is 9.10. The molecule has 6 heteroatoms. The zero-order chi connectivity index (χ0) is 8.72. The largest absolute Gasteiger partial charge is 0.333 e. The van der Waals surface area contributed by atoms with Gasteiger partial charge in [-0.05, 0) is 39.1 Å². The van der Waals surface area contributed by atoms with Crippen molar-refractivity contribution in [1.29, 1.82) is 0 Å². The number of aromatic nitrogens is 3. The Morgan fingerprint density at radius 1 is 1.50 bits per heavy atom. The van der Waals surface area contributed by atoms with Crippen LogP contribution in [-0.2, 0) is 0 Å². The Morgan fingerprint density at radius 3 is 3.00 bits per heavy atom. The molecule has 3 nitrogen and oxygen atoms in total. The first-order valence-corrected chi connectivity index (χ1v) is 4.64. The second kappa shape index (κ2) is 2.87. The average Bonchev–Trinajstić information content (AvgIpc) is 2.29. The quantitative estimate of drug-likeness (QED) is 0.578. The standard InChI is InChI=1S/C6H2BrCl2N3/c7-3-1-2-4(8)11-6(9)12-5(2)10-3/h1H,(H,10,11,12)/p+1. The predicted molar refractivity (Wildman–Crippen MR) is 50.4 cm³/mol. The van der Waals surface area contributed by atoms with Gasteiger partial charge in [0.05, 0.1) is 0 Å². The highest BCUT2D eigenvalue weighted by Crippen LogP contribution is 2.22. The normalized spacial score (nSPS) is 10.9. The second-order valence-corrected chi connectivity index (χ2v) is 3.79. The molecule has 0 radical (unpaired) electrons. The molecule has 0 aliphatic carbocycles. The summed E-state index contributed by atoms with van der Waals surface area (Å²) in [5.74, 6) is 0. The van der Waals surface area contributed by atoms with Gasteiger partial charge >= 0.3 is 5.28 Å². The molecule has 62 valence electrons. The Labute approximate surface area is 86.2 Å². The van der Waals surface area contributed by atoms with Crippen molar-refractivity contribution in [3.05, 3.63) is 21.1 Å². The lowest BCUT2D eigenvalue weighted by molar-refractivity contribution is -0.349. The van der Waals surface area contributed by atoms with Gasteiger partial charge in [0.15, 0.2) is 0 Å². The Balaban J connectivity index is 2.88. The summed E-state index contributed by atoms with van der Waals surface area (Å²) < 4.78 is 0.833. The van der Waals surface area contributed by atoms with E-state index in [0.717, 1.165) is 15.6 Å². The molecule has 2 aromatic rings. The molecule has 0 unspecified atom stereocenters. The van der Waals surface area contributed by atoms with Gasteiger partial charge in [-0.1, -0.05) is 4.98 Å². The number of nitrogens with one attached hydrogen (secondary N) is 2. The third-order valence-corrected chi connectivity index (χ3v) is 2.33. The summed E-state index contributed by atoms with van der Waals surface area (Å²) in [5.41, 5.74) is 0.756. The van der Waals surface area contributed by atoms with E-state index in [-0.39, 0.29) is 5.28 Å². The molecule has 0 aliphatic heterocycles. The number of hydrogen-bond donors (Lipinski definition) is 1. The molecule has 2 aromatic heterocycles. The third kappa shape index (κ3) is 1.30. The van der Waals surface area contributed by atoms with E-state index in [1.54, 1.807) is 0 Å². The molecule has 2 N–H and O–H groups in total. The number of H-pyrrole nitrogens is 2. The van der Waals surface area contributed by atoms with Gasteiger partial charge in [-0.25, -0.2) is 4.98 Å². The summed E-state index contributed by atoms with van der Waals surface area (Å²) in [7, 11) is 0. The molecule has 0 aliphatic rings. The van der Waals surface area contributed by atoms with Crippen molar-refractivity contribution >= 4 is 50.2 Å². The summed E-state index contributed by atoms with van der Waals surface area (Å²) in [4.78, 5) is 9.68. The predicted octanol–water partition coefficient (Wildman–Crippen LogP) is 2.45. The number of fused-ring (bicyclic) bond motifs is 1. The number of hydrogen-bond acceptors (Lipinski definition) is 1. The molecule has 0 amide bonds. The van der Waals surface area contributed by atoms with E-state index >= 15 is 0 Å². The van der Waals surface area contributed by atoms with Crippen LogP contribution in [0.3, 0.4) is 0 Å². The summed E-state index contributed by atoms with van der Waals surface area (Å²) in [6.45, 7) is 0. The number of rotatable bonds is 0. The highest BCUT2D eigenvalue weighted by Gasteiger charge is 2.12. The molecule has 0 fully saturated rings. The fourth-order valence-corrected chi connectivity index (χ4v) is 1.84. The van der Waals surface area contributed by atoms with Gasteiger partial charge in [0.2, 0.25) is 10.8 Å². The lowest BCUT2D eigenvalue weighted by atomic mass is 10.4. The van der Waals surface area contributed by atoms with Gasteiger partial charge in [-0.15, -0.1) is 0 Å². The van der Waals surface area contributed by atoms with Crippen LogP contribution in [0.5, 0.6) is 0 Å². The Hall–Kier alpha value is -0.320. The van der Waals surface area contributed by atoms with Gasteiger partial charge in [-0.2, -0.15) is 0 Å². The topological polar surface area (TPSA) is 42.8 Å². The minimum atomic E-state index is 0.266. The van der Waals surface area contributed by atoms with Gasteiger partial charge in [-0.3, -0.25) is 4.98 Å².